The largest absolute Gasteiger partial charge is 0.433 e. The summed E-state index contributed by atoms with van der Waals surface area (Å²) in [4.78, 5) is 6.69. The van der Waals surface area contributed by atoms with Crippen LogP contribution in [-0.4, -0.2) is 16.5 Å². The molecule has 0 radical (unpaired) electrons. The van der Waals surface area contributed by atoms with E-state index in [1.807, 2.05) is 0 Å². The van der Waals surface area contributed by atoms with E-state index in [0.717, 1.165) is 6.07 Å². The minimum atomic E-state index is -4.55. The Balaban J connectivity index is 2.94. The van der Waals surface area contributed by atoms with Crippen molar-refractivity contribution in [2.45, 2.75) is 6.18 Å². The van der Waals surface area contributed by atoms with Crippen LogP contribution < -0.4 is 5.32 Å². The van der Waals surface area contributed by atoms with Crippen LogP contribution >= 0.6 is 27.5 Å². The fourth-order valence-corrected chi connectivity index (χ4v) is 1.16. The fourth-order valence-electron chi connectivity index (χ4n) is 0.840. The monoisotopic (exact) mass is 315 g/mol. The van der Waals surface area contributed by atoms with Crippen LogP contribution in [0.5, 0.6) is 0 Å². The highest BCUT2D eigenvalue weighted by molar-refractivity contribution is 9.11. The Hall–Kier alpha value is -0.820. The average Bonchev–Trinajstić information content (AvgIpc) is 2.12. The van der Waals surface area contributed by atoms with Gasteiger partial charge in [-0.15, -0.1) is 0 Å². The van der Waals surface area contributed by atoms with Crippen LogP contribution in [0, 0.1) is 0 Å². The first-order valence-electron chi connectivity index (χ1n) is 3.98. The summed E-state index contributed by atoms with van der Waals surface area (Å²) in [5.74, 6) is -0.00655. The maximum absolute atomic E-state index is 12.3. The standard InChI is InChI=1S/C8H6BrClF3N3/c1-4(9)3-14-6-2-5(8(11,12)13)15-7(10)16-6/h2H,1,3H2,(H,14,15,16). The highest BCUT2D eigenvalue weighted by atomic mass is 79.9. The molecule has 8 heteroatoms. The molecule has 88 valence electrons. The lowest BCUT2D eigenvalue weighted by Gasteiger charge is -2.09. The van der Waals surface area contributed by atoms with Gasteiger partial charge in [-0.25, -0.2) is 9.97 Å². The number of hydrogen-bond acceptors (Lipinski definition) is 3. The SMILES string of the molecule is C=C(Br)CNc1cc(C(F)(F)F)nc(Cl)n1. The number of hydrogen-bond donors (Lipinski definition) is 1. The van der Waals surface area contributed by atoms with Crippen molar-refractivity contribution in [1.29, 1.82) is 0 Å². The molecule has 0 amide bonds. The molecule has 1 aromatic rings. The molecule has 0 bridgehead atoms. The minimum absolute atomic E-state index is 0.00655. The lowest BCUT2D eigenvalue weighted by atomic mass is 10.4. The van der Waals surface area contributed by atoms with Gasteiger partial charge in [0.1, 0.15) is 5.82 Å². The van der Waals surface area contributed by atoms with Crippen LogP contribution in [0.15, 0.2) is 17.1 Å². The van der Waals surface area contributed by atoms with E-state index in [1.165, 1.54) is 0 Å². The number of alkyl halides is 3. The number of anilines is 1. The number of halogens is 5. The van der Waals surface area contributed by atoms with E-state index in [4.69, 9.17) is 11.6 Å². The predicted octanol–water partition coefficient (Wildman–Crippen LogP) is 3.47. The third-order valence-corrected chi connectivity index (χ3v) is 1.90. The van der Waals surface area contributed by atoms with Crippen molar-refractivity contribution in [1.82, 2.24) is 9.97 Å². The molecule has 3 nitrogen and oxygen atoms in total. The minimum Gasteiger partial charge on any atom is -0.365 e. The van der Waals surface area contributed by atoms with Crippen molar-refractivity contribution in [3.05, 3.63) is 28.1 Å². The van der Waals surface area contributed by atoms with Crippen molar-refractivity contribution < 1.29 is 13.2 Å². The van der Waals surface area contributed by atoms with E-state index in [-0.39, 0.29) is 12.4 Å². The summed E-state index contributed by atoms with van der Waals surface area (Å²) in [5, 5.41) is 2.15. The smallest absolute Gasteiger partial charge is 0.365 e. The second kappa shape index (κ2) is 5.01. The van der Waals surface area contributed by atoms with E-state index in [0.29, 0.717) is 4.48 Å². The highest BCUT2D eigenvalue weighted by Crippen LogP contribution is 2.29. The second-order valence-electron chi connectivity index (χ2n) is 2.78. The molecule has 0 aliphatic heterocycles. The second-order valence-corrected chi connectivity index (χ2v) is 4.24. The van der Waals surface area contributed by atoms with E-state index in [2.05, 4.69) is 37.8 Å². The van der Waals surface area contributed by atoms with E-state index >= 15 is 0 Å². The molecule has 0 aliphatic rings. The number of rotatable bonds is 3. The molecule has 0 aromatic carbocycles. The third-order valence-electron chi connectivity index (χ3n) is 1.45. The Morgan fingerprint density at radius 2 is 2.12 bits per heavy atom. The summed E-state index contributed by atoms with van der Waals surface area (Å²) >= 11 is 8.43. The van der Waals surface area contributed by atoms with Gasteiger partial charge in [0.15, 0.2) is 5.69 Å². The molecule has 16 heavy (non-hydrogen) atoms. The maximum Gasteiger partial charge on any atom is 0.433 e. The number of nitrogens with zero attached hydrogens (tertiary/aromatic N) is 2. The average molecular weight is 317 g/mol. The zero-order valence-electron chi connectivity index (χ0n) is 7.78. The molecule has 0 atom stereocenters. The Morgan fingerprint density at radius 1 is 1.50 bits per heavy atom. The first kappa shape index (κ1) is 13.2. The summed E-state index contributed by atoms with van der Waals surface area (Å²) in [5.41, 5.74) is -1.09. The van der Waals surface area contributed by atoms with Gasteiger partial charge in [-0.3, -0.25) is 0 Å². The summed E-state index contributed by atoms with van der Waals surface area (Å²) in [6, 6.07) is 0.780. The lowest BCUT2D eigenvalue weighted by molar-refractivity contribution is -0.141. The van der Waals surface area contributed by atoms with Crippen LogP contribution in [-0.2, 0) is 6.18 Å². The van der Waals surface area contributed by atoms with Crippen LogP contribution in [0.4, 0.5) is 19.0 Å². The van der Waals surface area contributed by atoms with Gasteiger partial charge in [0, 0.05) is 17.1 Å². The Kier molecular flexibility index (Phi) is 4.15. The fraction of sp³-hybridized carbons (Fsp3) is 0.250. The Bertz CT molecular complexity index is 408. The Morgan fingerprint density at radius 3 is 2.62 bits per heavy atom. The van der Waals surface area contributed by atoms with Crippen molar-refractivity contribution in [2.75, 3.05) is 11.9 Å². The van der Waals surface area contributed by atoms with Crippen LogP contribution in [0.1, 0.15) is 5.69 Å². The van der Waals surface area contributed by atoms with Gasteiger partial charge < -0.3 is 5.32 Å². The van der Waals surface area contributed by atoms with Crippen LogP contribution in [0.3, 0.4) is 0 Å². The molecule has 1 heterocycles. The summed E-state index contributed by atoms with van der Waals surface area (Å²) in [7, 11) is 0. The zero-order chi connectivity index (χ0) is 12.3. The molecule has 1 aromatic heterocycles. The zero-order valence-corrected chi connectivity index (χ0v) is 10.1. The summed E-state index contributed by atoms with van der Waals surface area (Å²) in [6.45, 7) is 3.76. The maximum atomic E-state index is 12.3. The molecular weight excluding hydrogens is 310 g/mol. The van der Waals surface area contributed by atoms with Crippen molar-refractivity contribution in [3.8, 4) is 0 Å². The normalized spacial score (nSPS) is 11.3. The van der Waals surface area contributed by atoms with Crippen molar-refractivity contribution in [3.63, 3.8) is 0 Å². The topological polar surface area (TPSA) is 37.8 Å². The molecule has 1 N–H and O–H groups in total. The first-order chi connectivity index (χ1) is 7.29. The van der Waals surface area contributed by atoms with Gasteiger partial charge in [-0.2, -0.15) is 13.2 Å². The predicted molar refractivity (Wildman–Crippen MR) is 58.6 cm³/mol. The Labute approximate surface area is 103 Å². The molecule has 0 fully saturated rings. The number of aromatic nitrogens is 2. The molecule has 1 rings (SSSR count). The molecule has 0 unspecified atom stereocenters. The van der Waals surface area contributed by atoms with Crippen LogP contribution in [0.25, 0.3) is 0 Å². The van der Waals surface area contributed by atoms with E-state index in [1.54, 1.807) is 0 Å². The molecule has 0 spiro atoms. The van der Waals surface area contributed by atoms with Gasteiger partial charge in [0.05, 0.1) is 0 Å². The molecule has 0 saturated carbocycles. The quantitative estimate of drug-likeness (QED) is 0.868. The van der Waals surface area contributed by atoms with E-state index < -0.39 is 17.2 Å². The summed E-state index contributed by atoms with van der Waals surface area (Å²) < 4.78 is 37.6. The summed E-state index contributed by atoms with van der Waals surface area (Å²) in [6.07, 6.45) is -4.55. The van der Waals surface area contributed by atoms with E-state index in [9.17, 15) is 13.2 Å². The van der Waals surface area contributed by atoms with Gasteiger partial charge in [0.25, 0.3) is 0 Å². The lowest BCUT2D eigenvalue weighted by Crippen LogP contribution is -2.11. The van der Waals surface area contributed by atoms with Crippen molar-refractivity contribution >= 4 is 33.3 Å². The van der Waals surface area contributed by atoms with Crippen LogP contribution in [0.2, 0.25) is 5.28 Å². The first-order valence-corrected chi connectivity index (χ1v) is 5.15. The highest BCUT2D eigenvalue weighted by Gasteiger charge is 2.33. The van der Waals surface area contributed by atoms with Gasteiger partial charge in [-0.1, -0.05) is 22.5 Å². The number of nitrogens with one attached hydrogen (secondary N) is 1. The third kappa shape index (κ3) is 3.97. The molecule has 0 saturated heterocycles. The van der Waals surface area contributed by atoms with Gasteiger partial charge in [0.2, 0.25) is 5.28 Å². The molecular formula is C8H6BrClF3N3. The molecule has 0 aliphatic carbocycles. The van der Waals surface area contributed by atoms with Gasteiger partial charge in [-0.05, 0) is 11.6 Å². The van der Waals surface area contributed by atoms with Gasteiger partial charge >= 0.3 is 6.18 Å². The van der Waals surface area contributed by atoms with Crippen molar-refractivity contribution in [2.24, 2.45) is 0 Å².